The summed E-state index contributed by atoms with van der Waals surface area (Å²) in [5.74, 6) is 0.781. The van der Waals surface area contributed by atoms with Gasteiger partial charge in [-0.2, -0.15) is 0 Å². The molecular formula is C11H18N4O2. The Morgan fingerprint density at radius 3 is 3.29 bits per heavy atom. The van der Waals surface area contributed by atoms with Gasteiger partial charge in [0.05, 0.1) is 19.3 Å². The lowest BCUT2D eigenvalue weighted by Crippen LogP contribution is -2.44. The molecule has 1 aliphatic heterocycles. The summed E-state index contributed by atoms with van der Waals surface area (Å²) in [4.78, 5) is 18.9. The molecule has 1 saturated heterocycles. The van der Waals surface area contributed by atoms with E-state index < -0.39 is 0 Å². The molecule has 0 radical (unpaired) electrons. The van der Waals surface area contributed by atoms with E-state index in [1.165, 1.54) is 0 Å². The zero-order chi connectivity index (χ0) is 12.1. The average Bonchev–Trinajstić information content (AvgIpc) is 2.83. The summed E-state index contributed by atoms with van der Waals surface area (Å²) in [6.07, 6.45) is 3.86. The number of morpholine rings is 1. The number of hydrogen-bond acceptors (Lipinski definition) is 4. The van der Waals surface area contributed by atoms with Crippen LogP contribution >= 0.6 is 0 Å². The van der Waals surface area contributed by atoms with Gasteiger partial charge >= 0.3 is 0 Å². The first-order chi connectivity index (χ1) is 8.25. The van der Waals surface area contributed by atoms with E-state index in [4.69, 9.17) is 4.74 Å². The maximum absolute atomic E-state index is 11.8. The smallest absolute Gasteiger partial charge is 0.222 e. The molecule has 0 saturated carbocycles. The van der Waals surface area contributed by atoms with Gasteiger partial charge in [0.1, 0.15) is 5.82 Å². The van der Waals surface area contributed by atoms with E-state index in [1.54, 1.807) is 12.4 Å². The largest absolute Gasteiger partial charge is 0.378 e. The van der Waals surface area contributed by atoms with Crippen molar-refractivity contribution in [3.63, 3.8) is 0 Å². The molecule has 2 rings (SSSR count). The summed E-state index contributed by atoms with van der Waals surface area (Å²) < 4.78 is 5.30. The second-order valence-electron chi connectivity index (χ2n) is 4.19. The normalized spacial score (nSPS) is 22.1. The Kier molecular flexibility index (Phi) is 4.11. The molecule has 0 aromatic carbocycles. The maximum Gasteiger partial charge on any atom is 0.222 e. The van der Waals surface area contributed by atoms with Gasteiger partial charge in [0.25, 0.3) is 0 Å². The van der Waals surface area contributed by atoms with E-state index in [0.717, 1.165) is 19.0 Å². The fraction of sp³-hybridized carbons (Fsp3) is 0.636. The highest BCUT2D eigenvalue weighted by Gasteiger charge is 2.18. The number of aromatic amines is 1. The molecule has 1 aromatic heterocycles. The number of rotatable bonds is 4. The molecule has 17 heavy (non-hydrogen) atoms. The highest BCUT2D eigenvalue weighted by atomic mass is 16.5. The Hall–Kier alpha value is -1.40. The van der Waals surface area contributed by atoms with Crippen LogP contribution in [-0.2, 0) is 9.53 Å². The van der Waals surface area contributed by atoms with E-state index in [0.29, 0.717) is 13.0 Å². The topological polar surface area (TPSA) is 79.0 Å². The summed E-state index contributed by atoms with van der Waals surface area (Å²) >= 11 is 0. The maximum atomic E-state index is 11.8. The number of nitrogens with zero attached hydrogens (tertiary/aromatic N) is 1. The van der Waals surface area contributed by atoms with Gasteiger partial charge in [-0.15, -0.1) is 0 Å². The lowest BCUT2D eigenvalue weighted by atomic mass is 10.2. The summed E-state index contributed by atoms with van der Waals surface area (Å²) in [6.45, 7) is 4.04. The first kappa shape index (κ1) is 12.1. The van der Waals surface area contributed by atoms with Gasteiger partial charge in [-0.3, -0.25) is 4.79 Å². The molecule has 1 amide bonds. The molecule has 1 aliphatic rings. The number of H-pyrrole nitrogens is 1. The zero-order valence-corrected chi connectivity index (χ0v) is 9.90. The highest BCUT2D eigenvalue weighted by molar-refractivity contribution is 5.76. The predicted molar refractivity (Wildman–Crippen MR) is 62.4 cm³/mol. The number of imidazole rings is 1. The second kappa shape index (κ2) is 5.79. The van der Waals surface area contributed by atoms with Crippen LogP contribution in [0, 0.1) is 0 Å². The molecule has 1 fully saturated rings. The molecule has 6 nitrogen and oxygen atoms in total. The van der Waals surface area contributed by atoms with Crippen molar-refractivity contribution in [3.8, 4) is 0 Å². The third-order valence-electron chi connectivity index (χ3n) is 2.74. The van der Waals surface area contributed by atoms with E-state index in [2.05, 4.69) is 20.6 Å². The monoisotopic (exact) mass is 238 g/mol. The minimum atomic E-state index is -0.0954. The van der Waals surface area contributed by atoms with Crippen LogP contribution < -0.4 is 10.6 Å². The number of carbonyl (C=O) groups is 1. The fourth-order valence-electron chi connectivity index (χ4n) is 1.86. The molecule has 2 atom stereocenters. The molecule has 2 unspecified atom stereocenters. The van der Waals surface area contributed by atoms with Gasteiger partial charge in [-0.05, 0) is 6.92 Å². The number of hydrogen-bond donors (Lipinski definition) is 3. The van der Waals surface area contributed by atoms with Gasteiger partial charge in [-0.1, -0.05) is 0 Å². The predicted octanol–water partition coefficient (Wildman–Crippen LogP) is -0.0346. The van der Waals surface area contributed by atoms with E-state index in [9.17, 15) is 4.79 Å². The van der Waals surface area contributed by atoms with Gasteiger partial charge in [0.15, 0.2) is 0 Å². The molecule has 3 N–H and O–H groups in total. The van der Waals surface area contributed by atoms with Crippen LogP contribution in [0.4, 0.5) is 0 Å². The van der Waals surface area contributed by atoms with Crippen molar-refractivity contribution in [2.45, 2.75) is 25.4 Å². The standard InChI is InChI=1S/C11H18N4O2/c1-8(11-13-2-3-14-11)15-10(16)6-9-7-17-5-4-12-9/h2-3,8-9,12H,4-7H2,1H3,(H,13,14)(H,15,16). The number of nitrogens with one attached hydrogen (secondary N) is 3. The molecule has 6 heteroatoms. The quantitative estimate of drug-likeness (QED) is 0.688. The number of amides is 1. The number of aromatic nitrogens is 2. The minimum Gasteiger partial charge on any atom is -0.378 e. The van der Waals surface area contributed by atoms with Crippen LogP contribution in [0.15, 0.2) is 12.4 Å². The SMILES string of the molecule is CC(NC(=O)CC1COCCN1)c1ncc[nH]1. The van der Waals surface area contributed by atoms with Crippen molar-refractivity contribution < 1.29 is 9.53 Å². The third kappa shape index (κ3) is 3.54. The molecule has 0 bridgehead atoms. The highest BCUT2D eigenvalue weighted by Crippen LogP contribution is 2.06. The Bertz CT molecular complexity index is 346. The van der Waals surface area contributed by atoms with Gasteiger partial charge in [0, 0.05) is 31.4 Å². The van der Waals surface area contributed by atoms with Gasteiger partial charge in [-0.25, -0.2) is 4.98 Å². The molecule has 94 valence electrons. The first-order valence-corrected chi connectivity index (χ1v) is 5.85. The van der Waals surface area contributed by atoms with Crippen LogP contribution in [-0.4, -0.2) is 41.7 Å². The molecule has 0 aliphatic carbocycles. The second-order valence-corrected chi connectivity index (χ2v) is 4.19. The lowest BCUT2D eigenvalue weighted by molar-refractivity contribution is -0.123. The van der Waals surface area contributed by atoms with Crippen molar-refractivity contribution in [3.05, 3.63) is 18.2 Å². The number of ether oxygens (including phenoxy) is 1. The van der Waals surface area contributed by atoms with Crippen molar-refractivity contribution in [1.82, 2.24) is 20.6 Å². The summed E-state index contributed by atoms with van der Waals surface area (Å²) in [5.41, 5.74) is 0. The van der Waals surface area contributed by atoms with Crippen LogP contribution in [0.25, 0.3) is 0 Å². The molecular weight excluding hydrogens is 220 g/mol. The van der Waals surface area contributed by atoms with Crippen molar-refractivity contribution >= 4 is 5.91 Å². The number of carbonyl (C=O) groups excluding carboxylic acids is 1. The first-order valence-electron chi connectivity index (χ1n) is 5.85. The minimum absolute atomic E-state index is 0.0110. The van der Waals surface area contributed by atoms with E-state index in [-0.39, 0.29) is 18.0 Å². The molecule has 1 aromatic rings. The zero-order valence-electron chi connectivity index (χ0n) is 9.90. The van der Waals surface area contributed by atoms with Crippen LogP contribution in [0.5, 0.6) is 0 Å². The third-order valence-corrected chi connectivity index (χ3v) is 2.74. The van der Waals surface area contributed by atoms with E-state index >= 15 is 0 Å². The summed E-state index contributed by atoms with van der Waals surface area (Å²) in [7, 11) is 0. The Balaban J connectivity index is 1.76. The van der Waals surface area contributed by atoms with Crippen molar-refractivity contribution in [1.29, 1.82) is 0 Å². The summed E-state index contributed by atoms with van der Waals surface area (Å²) in [5, 5.41) is 6.15. The lowest BCUT2D eigenvalue weighted by Gasteiger charge is -2.23. The van der Waals surface area contributed by atoms with Crippen molar-refractivity contribution in [2.24, 2.45) is 0 Å². The van der Waals surface area contributed by atoms with Crippen LogP contribution in [0.1, 0.15) is 25.2 Å². The molecule has 0 spiro atoms. The Morgan fingerprint density at radius 1 is 1.76 bits per heavy atom. The van der Waals surface area contributed by atoms with Gasteiger partial charge in [0.2, 0.25) is 5.91 Å². The Labute approximate surface area is 100 Å². The Morgan fingerprint density at radius 2 is 2.65 bits per heavy atom. The van der Waals surface area contributed by atoms with Crippen LogP contribution in [0.3, 0.4) is 0 Å². The van der Waals surface area contributed by atoms with E-state index in [1.807, 2.05) is 6.92 Å². The fourth-order valence-corrected chi connectivity index (χ4v) is 1.86. The van der Waals surface area contributed by atoms with Crippen LogP contribution in [0.2, 0.25) is 0 Å². The van der Waals surface area contributed by atoms with Crippen molar-refractivity contribution in [2.75, 3.05) is 19.8 Å². The van der Waals surface area contributed by atoms with Gasteiger partial charge < -0.3 is 20.4 Å². The molecule has 2 heterocycles. The average molecular weight is 238 g/mol. The summed E-state index contributed by atoms with van der Waals surface area (Å²) in [6, 6.07) is 0.0227.